The highest BCUT2D eigenvalue weighted by atomic mass is 16.2. The van der Waals surface area contributed by atoms with E-state index in [1.165, 1.54) is 5.56 Å². The molecular weight excluding hydrogens is 276 g/mol. The number of aromatic nitrogens is 3. The van der Waals surface area contributed by atoms with E-state index in [4.69, 9.17) is 0 Å². The van der Waals surface area contributed by atoms with Gasteiger partial charge < -0.3 is 9.47 Å². The predicted octanol–water partition coefficient (Wildman–Crippen LogP) is 2.25. The molecule has 0 spiro atoms. The molecule has 0 radical (unpaired) electrons. The van der Waals surface area contributed by atoms with E-state index >= 15 is 0 Å². The molecule has 4 rings (SSSR count). The van der Waals surface area contributed by atoms with Crippen LogP contribution in [-0.2, 0) is 4.79 Å². The lowest BCUT2D eigenvalue weighted by atomic mass is 10.0. The minimum absolute atomic E-state index is 0.158. The number of nitrogens with zero attached hydrogens (tertiary/aromatic N) is 4. The van der Waals surface area contributed by atoms with Crippen LogP contribution in [0, 0.1) is 5.92 Å². The van der Waals surface area contributed by atoms with Crippen LogP contribution >= 0.6 is 0 Å². The number of rotatable bonds is 3. The highest BCUT2D eigenvalue weighted by molar-refractivity contribution is 5.83. The fourth-order valence-corrected chi connectivity index (χ4v) is 3.55. The van der Waals surface area contributed by atoms with Crippen molar-refractivity contribution in [2.75, 3.05) is 13.1 Å². The zero-order chi connectivity index (χ0) is 14.9. The molecule has 2 aromatic rings. The van der Waals surface area contributed by atoms with Crippen LogP contribution in [0.2, 0.25) is 0 Å². The summed E-state index contributed by atoms with van der Waals surface area (Å²) in [6.07, 6.45) is 12.5. The lowest BCUT2D eigenvalue weighted by Gasteiger charge is -2.33. The fourth-order valence-electron chi connectivity index (χ4n) is 3.55. The van der Waals surface area contributed by atoms with Crippen molar-refractivity contribution in [3.8, 4) is 0 Å². The smallest absolute Gasteiger partial charge is 0.226 e. The van der Waals surface area contributed by atoms with E-state index in [0.29, 0.717) is 17.9 Å². The first-order chi connectivity index (χ1) is 10.8. The van der Waals surface area contributed by atoms with Gasteiger partial charge in [0.05, 0.1) is 12.4 Å². The molecule has 1 saturated carbocycles. The Labute approximate surface area is 130 Å². The van der Waals surface area contributed by atoms with Gasteiger partial charge in [-0.05, 0) is 36.8 Å². The van der Waals surface area contributed by atoms with Gasteiger partial charge in [-0.25, -0.2) is 4.98 Å². The number of amides is 1. The Bertz CT molecular complexity index is 640. The molecule has 1 saturated heterocycles. The number of piperidine rings is 1. The van der Waals surface area contributed by atoms with Crippen molar-refractivity contribution in [2.45, 2.75) is 31.2 Å². The summed E-state index contributed by atoms with van der Waals surface area (Å²) < 4.78 is 2.13. The first-order valence-corrected chi connectivity index (χ1v) is 7.99. The Morgan fingerprint density at radius 1 is 1.27 bits per heavy atom. The number of imidazole rings is 1. The maximum Gasteiger partial charge on any atom is 0.226 e. The van der Waals surface area contributed by atoms with Gasteiger partial charge in [0.2, 0.25) is 5.91 Å². The molecule has 0 bridgehead atoms. The molecule has 0 N–H and O–H groups in total. The van der Waals surface area contributed by atoms with Gasteiger partial charge in [-0.3, -0.25) is 9.78 Å². The molecule has 5 nitrogen and oxygen atoms in total. The number of likely N-dealkylation sites (tertiary alicyclic amines) is 1. The summed E-state index contributed by atoms with van der Waals surface area (Å²) in [5, 5.41) is 0. The standard InChI is InChI=1S/C17H20N4O/c22-17(16-9-15(16)13-3-1-5-18-10-13)20-7-2-4-14(11-20)21-8-6-19-12-21/h1,3,5-6,8,10,12,14-16H,2,4,7,9,11H2/t14-,15+,16-/m1/s1. The molecule has 1 aliphatic carbocycles. The normalized spacial score (nSPS) is 27.6. The molecule has 2 aromatic heterocycles. The summed E-state index contributed by atoms with van der Waals surface area (Å²) in [4.78, 5) is 23.1. The topological polar surface area (TPSA) is 51.0 Å². The summed E-state index contributed by atoms with van der Waals surface area (Å²) >= 11 is 0. The average Bonchev–Trinajstić information content (AvgIpc) is 3.19. The van der Waals surface area contributed by atoms with Gasteiger partial charge in [0.25, 0.3) is 0 Å². The van der Waals surface area contributed by atoms with Crippen molar-refractivity contribution in [2.24, 2.45) is 5.92 Å². The summed E-state index contributed by atoms with van der Waals surface area (Å²) in [5.74, 6) is 0.847. The van der Waals surface area contributed by atoms with Crippen molar-refractivity contribution < 1.29 is 4.79 Å². The van der Waals surface area contributed by atoms with Crippen molar-refractivity contribution in [1.82, 2.24) is 19.4 Å². The first kappa shape index (κ1) is 13.5. The van der Waals surface area contributed by atoms with Crippen LogP contribution in [0.15, 0.2) is 43.2 Å². The molecule has 22 heavy (non-hydrogen) atoms. The van der Waals surface area contributed by atoms with Crippen molar-refractivity contribution in [3.05, 3.63) is 48.8 Å². The van der Waals surface area contributed by atoms with E-state index in [1.54, 1.807) is 12.4 Å². The van der Waals surface area contributed by atoms with Crippen molar-refractivity contribution >= 4 is 5.91 Å². The fraction of sp³-hybridized carbons (Fsp3) is 0.471. The highest BCUT2D eigenvalue weighted by Crippen LogP contribution is 2.48. The van der Waals surface area contributed by atoms with Gasteiger partial charge in [0, 0.05) is 43.8 Å². The Kier molecular flexibility index (Phi) is 3.41. The zero-order valence-electron chi connectivity index (χ0n) is 12.5. The van der Waals surface area contributed by atoms with E-state index in [2.05, 4.69) is 25.5 Å². The van der Waals surface area contributed by atoms with E-state index in [0.717, 1.165) is 32.4 Å². The molecular formula is C17H20N4O. The van der Waals surface area contributed by atoms with Gasteiger partial charge in [-0.1, -0.05) is 6.07 Å². The molecule has 3 heterocycles. The molecule has 114 valence electrons. The summed E-state index contributed by atoms with van der Waals surface area (Å²) in [5.41, 5.74) is 1.20. The molecule has 2 fully saturated rings. The number of pyridine rings is 1. The Balaban J connectivity index is 1.41. The number of carbonyl (C=O) groups is 1. The minimum Gasteiger partial charge on any atom is -0.340 e. The third-order valence-corrected chi connectivity index (χ3v) is 4.87. The largest absolute Gasteiger partial charge is 0.340 e. The molecule has 1 aliphatic heterocycles. The second-order valence-corrected chi connectivity index (χ2v) is 6.33. The van der Waals surface area contributed by atoms with Crippen LogP contribution in [0.25, 0.3) is 0 Å². The van der Waals surface area contributed by atoms with Gasteiger partial charge >= 0.3 is 0 Å². The third kappa shape index (κ3) is 2.51. The van der Waals surface area contributed by atoms with Crippen LogP contribution in [-0.4, -0.2) is 38.4 Å². The Hall–Kier alpha value is -2.17. The van der Waals surface area contributed by atoms with Gasteiger partial charge in [-0.15, -0.1) is 0 Å². The summed E-state index contributed by atoms with van der Waals surface area (Å²) in [6, 6.07) is 4.40. The molecule has 5 heteroatoms. The Morgan fingerprint density at radius 2 is 2.23 bits per heavy atom. The Morgan fingerprint density at radius 3 is 3.00 bits per heavy atom. The lowest BCUT2D eigenvalue weighted by molar-refractivity contribution is -0.134. The van der Waals surface area contributed by atoms with E-state index in [1.807, 2.05) is 24.8 Å². The van der Waals surface area contributed by atoms with Gasteiger partial charge in [0.15, 0.2) is 0 Å². The van der Waals surface area contributed by atoms with Crippen molar-refractivity contribution in [3.63, 3.8) is 0 Å². The summed E-state index contributed by atoms with van der Waals surface area (Å²) in [7, 11) is 0. The summed E-state index contributed by atoms with van der Waals surface area (Å²) in [6.45, 7) is 1.70. The van der Waals surface area contributed by atoms with Crippen molar-refractivity contribution in [1.29, 1.82) is 0 Å². The van der Waals surface area contributed by atoms with Crippen LogP contribution < -0.4 is 0 Å². The number of hydrogen-bond donors (Lipinski definition) is 0. The maximum absolute atomic E-state index is 12.7. The first-order valence-electron chi connectivity index (χ1n) is 7.99. The molecule has 2 aliphatic rings. The quantitative estimate of drug-likeness (QED) is 0.873. The van der Waals surface area contributed by atoms with E-state index < -0.39 is 0 Å². The highest BCUT2D eigenvalue weighted by Gasteiger charge is 2.46. The number of hydrogen-bond acceptors (Lipinski definition) is 3. The van der Waals surface area contributed by atoms with Crippen LogP contribution in [0.1, 0.15) is 36.8 Å². The average molecular weight is 296 g/mol. The lowest BCUT2D eigenvalue weighted by Crippen LogP contribution is -2.41. The predicted molar refractivity (Wildman–Crippen MR) is 82.2 cm³/mol. The number of carbonyl (C=O) groups excluding carboxylic acids is 1. The van der Waals surface area contributed by atoms with E-state index in [-0.39, 0.29) is 5.92 Å². The molecule has 1 amide bonds. The molecule has 0 unspecified atom stereocenters. The molecule has 0 aromatic carbocycles. The second kappa shape index (κ2) is 5.55. The van der Waals surface area contributed by atoms with Crippen LogP contribution in [0.5, 0.6) is 0 Å². The monoisotopic (exact) mass is 296 g/mol. The van der Waals surface area contributed by atoms with Gasteiger partial charge in [0.1, 0.15) is 0 Å². The SMILES string of the molecule is O=C([C@@H]1C[C@H]1c1cccnc1)N1CCC[C@@H](n2ccnc2)C1. The van der Waals surface area contributed by atoms with Crippen LogP contribution in [0.3, 0.4) is 0 Å². The van der Waals surface area contributed by atoms with Crippen LogP contribution in [0.4, 0.5) is 0 Å². The van der Waals surface area contributed by atoms with E-state index in [9.17, 15) is 4.79 Å². The maximum atomic E-state index is 12.7. The third-order valence-electron chi connectivity index (χ3n) is 4.87. The zero-order valence-corrected chi connectivity index (χ0v) is 12.5. The minimum atomic E-state index is 0.158. The van der Waals surface area contributed by atoms with Gasteiger partial charge in [-0.2, -0.15) is 0 Å². The molecule has 3 atom stereocenters. The second-order valence-electron chi connectivity index (χ2n) is 6.33.